The van der Waals surface area contributed by atoms with Crippen molar-refractivity contribution in [3.05, 3.63) is 33.3 Å². The molecular weight excluding hydrogens is 321 g/mol. The average Bonchev–Trinajstić information content (AvgIpc) is 2.32. The third-order valence-corrected chi connectivity index (χ3v) is 3.22. The Kier molecular flexibility index (Phi) is 6.63. The molecule has 0 fully saturated rings. The smallest absolute Gasteiger partial charge is 0.252 e. The van der Waals surface area contributed by atoms with E-state index in [0.29, 0.717) is 28.0 Å². The van der Waals surface area contributed by atoms with Crippen LogP contribution in [0.5, 0.6) is 0 Å². The molecule has 1 aromatic carbocycles. The van der Waals surface area contributed by atoms with Crippen molar-refractivity contribution in [3.63, 3.8) is 0 Å². The number of amides is 1. The van der Waals surface area contributed by atoms with Gasteiger partial charge in [0.15, 0.2) is 0 Å². The quantitative estimate of drug-likeness (QED) is 0.837. The molecule has 0 bridgehead atoms. The molecule has 0 radical (unpaired) electrons. The zero-order valence-corrected chi connectivity index (χ0v) is 12.3. The monoisotopic (exact) mass is 335 g/mol. The van der Waals surface area contributed by atoms with Crippen LogP contribution in [0.15, 0.2) is 22.7 Å². The third-order valence-electron chi connectivity index (χ3n) is 2.30. The molecule has 1 atom stereocenters. The summed E-state index contributed by atoms with van der Waals surface area (Å²) in [6, 6.07) is 5.01. The number of aliphatic hydroxyl groups is 1. The minimum Gasteiger partial charge on any atom is -0.391 e. The van der Waals surface area contributed by atoms with Gasteiger partial charge >= 0.3 is 0 Å². The van der Waals surface area contributed by atoms with E-state index in [0.717, 1.165) is 0 Å². The molecule has 1 aromatic rings. The standard InChI is InChI=1S/C12H15BrClNO3/c1-18-7-9(16)4-5-15-12(17)10-6-8(14)2-3-11(10)13/h2-3,6,9,16H,4-5,7H2,1H3,(H,15,17). The summed E-state index contributed by atoms with van der Waals surface area (Å²) in [6.07, 6.45) is -0.129. The minimum absolute atomic E-state index is 0.228. The summed E-state index contributed by atoms with van der Waals surface area (Å²) in [5, 5.41) is 12.6. The van der Waals surface area contributed by atoms with Gasteiger partial charge in [-0.05, 0) is 40.5 Å². The lowest BCUT2D eigenvalue weighted by molar-refractivity contribution is 0.0587. The van der Waals surface area contributed by atoms with E-state index in [9.17, 15) is 9.90 Å². The zero-order valence-electron chi connectivity index (χ0n) is 9.95. The van der Waals surface area contributed by atoms with E-state index in [-0.39, 0.29) is 12.5 Å². The molecule has 1 amide bonds. The first-order valence-electron chi connectivity index (χ1n) is 5.45. The summed E-state index contributed by atoms with van der Waals surface area (Å²) in [6.45, 7) is 0.638. The summed E-state index contributed by atoms with van der Waals surface area (Å²) in [7, 11) is 1.52. The Labute approximate surface area is 119 Å². The molecule has 0 aliphatic heterocycles. The second-order valence-corrected chi connectivity index (χ2v) is 5.07. The van der Waals surface area contributed by atoms with Crippen LogP contribution in [0.4, 0.5) is 0 Å². The minimum atomic E-state index is -0.571. The largest absolute Gasteiger partial charge is 0.391 e. The van der Waals surface area contributed by atoms with Gasteiger partial charge in [0.05, 0.1) is 18.3 Å². The van der Waals surface area contributed by atoms with Gasteiger partial charge in [-0.2, -0.15) is 0 Å². The van der Waals surface area contributed by atoms with Gasteiger partial charge in [-0.25, -0.2) is 0 Å². The van der Waals surface area contributed by atoms with Crippen LogP contribution in [0.3, 0.4) is 0 Å². The molecule has 1 unspecified atom stereocenters. The molecule has 18 heavy (non-hydrogen) atoms. The van der Waals surface area contributed by atoms with Crippen molar-refractivity contribution in [1.29, 1.82) is 0 Å². The summed E-state index contributed by atoms with van der Waals surface area (Å²) >= 11 is 9.12. The Bertz CT molecular complexity index is 414. The van der Waals surface area contributed by atoms with E-state index in [2.05, 4.69) is 21.2 Å². The lowest BCUT2D eigenvalue weighted by atomic mass is 10.2. The molecule has 0 heterocycles. The maximum absolute atomic E-state index is 11.8. The highest BCUT2D eigenvalue weighted by Crippen LogP contribution is 2.20. The van der Waals surface area contributed by atoms with Crippen LogP contribution in [0.2, 0.25) is 5.02 Å². The number of hydrogen-bond donors (Lipinski definition) is 2. The highest BCUT2D eigenvalue weighted by atomic mass is 79.9. The predicted molar refractivity (Wildman–Crippen MR) is 74.0 cm³/mol. The number of nitrogens with one attached hydrogen (secondary N) is 1. The van der Waals surface area contributed by atoms with Gasteiger partial charge in [-0.1, -0.05) is 11.6 Å². The Morgan fingerprint density at radius 2 is 2.33 bits per heavy atom. The van der Waals surface area contributed by atoms with Gasteiger partial charge in [0.1, 0.15) is 0 Å². The summed E-state index contributed by atoms with van der Waals surface area (Å²) in [5.74, 6) is -0.228. The van der Waals surface area contributed by atoms with Gasteiger partial charge in [-0.15, -0.1) is 0 Å². The molecule has 0 spiro atoms. The predicted octanol–water partition coefficient (Wildman–Crippen LogP) is 2.23. The fourth-order valence-electron chi connectivity index (χ4n) is 1.39. The second kappa shape index (κ2) is 7.74. The number of halogens is 2. The Hall–Kier alpha value is -0.620. The highest BCUT2D eigenvalue weighted by Gasteiger charge is 2.11. The van der Waals surface area contributed by atoms with Crippen molar-refractivity contribution in [2.75, 3.05) is 20.3 Å². The number of hydrogen-bond acceptors (Lipinski definition) is 3. The van der Waals surface area contributed by atoms with Gasteiger partial charge in [0.2, 0.25) is 0 Å². The van der Waals surface area contributed by atoms with Gasteiger partial charge in [-0.3, -0.25) is 4.79 Å². The Morgan fingerprint density at radius 3 is 3.00 bits per heavy atom. The van der Waals surface area contributed by atoms with Crippen molar-refractivity contribution < 1.29 is 14.6 Å². The summed E-state index contributed by atoms with van der Waals surface area (Å²) in [5.41, 5.74) is 0.476. The maximum atomic E-state index is 11.8. The van der Waals surface area contributed by atoms with Crippen LogP contribution >= 0.6 is 27.5 Å². The third kappa shape index (κ3) is 4.94. The fraction of sp³-hybridized carbons (Fsp3) is 0.417. The second-order valence-electron chi connectivity index (χ2n) is 3.78. The number of methoxy groups -OCH3 is 1. The number of ether oxygens (including phenoxy) is 1. The molecular formula is C12H15BrClNO3. The van der Waals surface area contributed by atoms with Crippen molar-refractivity contribution >= 4 is 33.4 Å². The average molecular weight is 337 g/mol. The molecule has 4 nitrogen and oxygen atoms in total. The van der Waals surface area contributed by atoms with Crippen LogP contribution in [0.25, 0.3) is 0 Å². The molecule has 0 saturated carbocycles. The van der Waals surface area contributed by atoms with E-state index in [1.165, 1.54) is 7.11 Å². The summed E-state index contributed by atoms with van der Waals surface area (Å²) in [4.78, 5) is 11.8. The van der Waals surface area contributed by atoms with Crippen LogP contribution in [0.1, 0.15) is 16.8 Å². The number of carbonyl (C=O) groups excluding carboxylic acids is 1. The SMILES string of the molecule is COCC(O)CCNC(=O)c1cc(Cl)ccc1Br. The molecule has 0 aliphatic carbocycles. The van der Waals surface area contributed by atoms with Gasteiger partial charge in [0, 0.05) is 23.1 Å². The van der Waals surface area contributed by atoms with E-state index in [4.69, 9.17) is 16.3 Å². The molecule has 0 aliphatic rings. The number of aliphatic hydroxyl groups excluding tert-OH is 1. The van der Waals surface area contributed by atoms with E-state index < -0.39 is 6.10 Å². The number of rotatable bonds is 6. The van der Waals surface area contributed by atoms with Crippen molar-refractivity contribution in [2.45, 2.75) is 12.5 Å². The fourth-order valence-corrected chi connectivity index (χ4v) is 1.99. The van der Waals surface area contributed by atoms with Gasteiger partial charge < -0.3 is 15.2 Å². The Morgan fingerprint density at radius 1 is 1.61 bits per heavy atom. The molecule has 2 N–H and O–H groups in total. The molecule has 6 heteroatoms. The topological polar surface area (TPSA) is 58.6 Å². The van der Waals surface area contributed by atoms with Crippen LogP contribution in [-0.2, 0) is 4.74 Å². The lowest BCUT2D eigenvalue weighted by Gasteiger charge is -2.11. The maximum Gasteiger partial charge on any atom is 0.252 e. The highest BCUT2D eigenvalue weighted by molar-refractivity contribution is 9.10. The number of carbonyl (C=O) groups is 1. The zero-order chi connectivity index (χ0) is 13.5. The van der Waals surface area contributed by atoms with Crippen LogP contribution in [-0.4, -0.2) is 37.4 Å². The lowest BCUT2D eigenvalue weighted by Crippen LogP contribution is -2.28. The van der Waals surface area contributed by atoms with Crippen molar-refractivity contribution in [2.24, 2.45) is 0 Å². The van der Waals surface area contributed by atoms with Crippen molar-refractivity contribution in [1.82, 2.24) is 5.32 Å². The Balaban J connectivity index is 2.48. The van der Waals surface area contributed by atoms with Crippen LogP contribution in [0, 0.1) is 0 Å². The molecule has 0 saturated heterocycles. The first-order valence-corrected chi connectivity index (χ1v) is 6.62. The van der Waals surface area contributed by atoms with E-state index in [1.807, 2.05) is 0 Å². The first kappa shape index (κ1) is 15.4. The van der Waals surface area contributed by atoms with Gasteiger partial charge in [0.25, 0.3) is 5.91 Å². The summed E-state index contributed by atoms with van der Waals surface area (Å²) < 4.78 is 5.48. The van der Waals surface area contributed by atoms with E-state index in [1.54, 1.807) is 18.2 Å². The van der Waals surface area contributed by atoms with E-state index >= 15 is 0 Å². The normalized spacial score (nSPS) is 12.2. The molecule has 100 valence electrons. The first-order chi connectivity index (χ1) is 8.54. The van der Waals surface area contributed by atoms with Crippen LogP contribution < -0.4 is 5.32 Å². The number of benzene rings is 1. The molecule has 1 rings (SSSR count). The molecule has 0 aromatic heterocycles. The van der Waals surface area contributed by atoms with Crippen molar-refractivity contribution in [3.8, 4) is 0 Å².